The molecule has 0 atom stereocenters. The molecule has 0 unspecified atom stereocenters. The van der Waals surface area contributed by atoms with Crippen molar-refractivity contribution in [2.24, 2.45) is 0 Å². The maximum atomic E-state index is 12.5. The Labute approximate surface area is 149 Å². The largest absolute Gasteiger partial charge is 0.482 e. The normalized spacial score (nSPS) is 14.9. The van der Waals surface area contributed by atoms with E-state index in [2.05, 4.69) is 0 Å². The van der Waals surface area contributed by atoms with Gasteiger partial charge in [0.15, 0.2) is 5.58 Å². The smallest absolute Gasteiger partial charge is 0.339 e. The van der Waals surface area contributed by atoms with E-state index in [4.69, 9.17) is 13.9 Å². The van der Waals surface area contributed by atoms with Crippen LogP contribution in [0.15, 0.2) is 45.6 Å². The molecule has 4 rings (SSSR count). The number of esters is 1. The lowest BCUT2D eigenvalue weighted by Crippen LogP contribution is -2.27. The molecule has 132 valence electrons. The second-order valence-corrected chi connectivity index (χ2v) is 6.73. The third-order valence-corrected chi connectivity index (χ3v) is 4.40. The average molecular weight is 350 g/mol. The molecule has 0 fully saturated rings. The first-order valence-electron chi connectivity index (χ1n) is 8.49. The molecule has 1 aromatic heterocycles. The van der Waals surface area contributed by atoms with Crippen LogP contribution in [-0.2, 0) is 4.74 Å². The number of hydrogen-bond donors (Lipinski definition) is 0. The highest BCUT2D eigenvalue weighted by Crippen LogP contribution is 2.43. The Hall–Kier alpha value is -3.08. The Kier molecular flexibility index (Phi) is 3.61. The molecule has 0 amide bonds. The maximum absolute atomic E-state index is 12.5. The topological polar surface area (TPSA) is 65.7 Å². The van der Waals surface area contributed by atoms with Crippen LogP contribution in [0.4, 0.5) is 0 Å². The van der Waals surface area contributed by atoms with Gasteiger partial charge in [0.1, 0.15) is 11.4 Å². The maximum Gasteiger partial charge on any atom is 0.339 e. The van der Waals surface area contributed by atoms with Crippen molar-refractivity contribution in [3.8, 4) is 5.75 Å². The highest BCUT2D eigenvalue weighted by molar-refractivity contribution is 6.19. The predicted octanol–water partition coefficient (Wildman–Crippen LogP) is 4.31. The van der Waals surface area contributed by atoms with Crippen LogP contribution in [0.3, 0.4) is 0 Å². The highest BCUT2D eigenvalue weighted by Gasteiger charge is 2.28. The molecule has 2 aromatic carbocycles. The Balaban J connectivity index is 2.21. The van der Waals surface area contributed by atoms with Crippen molar-refractivity contribution >= 4 is 33.8 Å². The van der Waals surface area contributed by atoms with Crippen LogP contribution in [0.5, 0.6) is 5.75 Å². The van der Waals surface area contributed by atoms with Crippen molar-refractivity contribution in [1.29, 1.82) is 0 Å². The minimum Gasteiger partial charge on any atom is -0.482 e. The van der Waals surface area contributed by atoms with E-state index in [9.17, 15) is 9.59 Å². The fraction of sp³-hybridized carbons (Fsp3) is 0.238. The lowest BCUT2D eigenvalue weighted by molar-refractivity contribution is 0.0528. The van der Waals surface area contributed by atoms with Crippen molar-refractivity contribution in [3.05, 3.63) is 58.0 Å². The zero-order valence-electron chi connectivity index (χ0n) is 14.8. The second-order valence-electron chi connectivity index (χ2n) is 6.73. The van der Waals surface area contributed by atoms with E-state index in [1.165, 1.54) is 6.07 Å². The fourth-order valence-corrected chi connectivity index (χ4v) is 3.31. The van der Waals surface area contributed by atoms with Crippen molar-refractivity contribution in [3.63, 3.8) is 0 Å². The molecular weight excluding hydrogens is 332 g/mol. The summed E-state index contributed by atoms with van der Waals surface area (Å²) in [7, 11) is 0. The number of rotatable bonds is 2. The van der Waals surface area contributed by atoms with E-state index in [0.717, 1.165) is 10.8 Å². The van der Waals surface area contributed by atoms with Gasteiger partial charge < -0.3 is 13.9 Å². The monoisotopic (exact) mass is 350 g/mol. The minimum absolute atomic E-state index is 0.204. The Bertz CT molecular complexity index is 1130. The average Bonchev–Trinajstić information content (AvgIpc) is 2.60. The number of hydrogen-bond acceptors (Lipinski definition) is 5. The van der Waals surface area contributed by atoms with Gasteiger partial charge in [0.25, 0.3) is 0 Å². The van der Waals surface area contributed by atoms with Gasteiger partial charge in [-0.2, -0.15) is 0 Å². The quantitative estimate of drug-likeness (QED) is 0.391. The summed E-state index contributed by atoms with van der Waals surface area (Å²) in [6.45, 7) is 5.86. The van der Waals surface area contributed by atoms with Gasteiger partial charge >= 0.3 is 11.6 Å². The van der Waals surface area contributed by atoms with Gasteiger partial charge in [0.05, 0.1) is 17.7 Å². The third kappa shape index (κ3) is 2.47. The van der Waals surface area contributed by atoms with Gasteiger partial charge in [-0.15, -0.1) is 0 Å². The molecule has 0 saturated carbocycles. The van der Waals surface area contributed by atoms with Crippen LogP contribution >= 0.6 is 0 Å². The lowest BCUT2D eigenvalue weighted by Gasteiger charge is -2.29. The Morgan fingerprint density at radius 2 is 1.92 bits per heavy atom. The molecule has 0 N–H and O–H groups in total. The van der Waals surface area contributed by atoms with Gasteiger partial charge in [-0.3, -0.25) is 0 Å². The van der Waals surface area contributed by atoms with E-state index < -0.39 is 17.2 Å². The van der Waals surface area contributed by atoms with Crippen LogP contribution in [0, 0.1) is 0 Å². The first-order valence-corrected chi connectivity index (χ1v) is 8.49. The zero-order valence-corrected chi connectivity index (χ0v) is 14.8. The lowest BCUT2D eigenvalue weighted by atomic mass is 9.93. The number of carbonyl (C=O) groups excluding carboxylic acids is 1. The number of ether oxygens (including phenoxy) is 2. The van der Waals surface area contributed by atoms with Crippen molar-refractivity contribution in [2.45, 2.75) is 26.4 Å². The standard InChI is InChI=1S/C21H18O5/c1-4-24-20(23)15-11-16(22)25-19-14-9-10-21(2,3)26-18(14)13-8-6-5-7-12(13)17(15)19/h5-11H,4H2,1-3H3. The molecule has 5 nitrogen and oxygen atoms in total. The van der Waals surface area contributed by atoms with Gasteiger partial charge in [-0.25, -0.2) is 9.59 Å². The molecular formula is C21H18O5. The van der Waals surface area contributed by atoms with Gasteiger partial charge in [0.2, 0.25) is 0 Å². The summed E-state index contributed by atoms with van der Waals surface area (Å²) in [5.74, 6) is 0.0984. The summed E-state index contributed by atoms with van der Waals surface area (Å²) in [6.07, 6.45) is 3.78. The van der Waals surface area contributed by atoms with Gasteiger partial charge in [-0.1, -0.05) is 24.3 Å². The Morgan fingerprint density at radius 3 is 2.65 bits per heavy atom. The molecule has 0 aliphatic carbocycles. The fourth-order valence-electron chi connectivity index (χ4n) is 3.31. The second kappa shape index (κ2) is 5.73. The molecule has 1 aliphatic heterocycles. The molecule has 5 heteroatoms. The minimum atomic E-state index is -0.601. The summed E-state index contributed by atoms with van der Waals surface area (Å²) in [5, 5.41) is 2.19. The summed E-state index contributed by atoms with van der Waals surface area (Å²) >= 11 is 0. The molecule has 0 radical (unpaired) electrons. The molecule has 26 heavy (non-hydrogen) atoms. The van der Waals surface area contributed by atoms with Crippen LogP contribution in [-0.4, -0.2) is 18.2 Å². The third-order valence-electron chi connectivity index (χ3n) is 4.40. The van der Waals surface area contributed by atoms with E-state index >= 15 is 0 Å². The Morgan fingerprint density at radius 1 is 1.19 bits per heavy atom. The van der Waals surface area contributed by atoms with Gasteiger partial charge in [-0.05, 0) is 38.3 Å². The molecule has 2 heterocycles. The highest BCUT2D eigenvalue weighted by atomic mass is 16.5. The van der Waals surface area contributed by atoms with Crippen LogP contribution < -0.4 is 10.4 Å². The summed E-state index contributed by atoms with van der Waals surface area (Å²) in [5.41, 5.74) is 0.108. The van der Waals surface area contributed by atoms with Crippen LogP contribution in [0.2, 0.25) is 0 Å². The molecule has 1 aliphatic rings. The zero-order chi connectivity index (χ0) is 18.5. The number of carbonyl (C=O) groups is 1. The number of benzene rings is 2. The predicted molar refractivity (Wildman–Crippen MR) is 99.7 cm³/mol. The first kappa shape index (κ1) is 16.4. The molecule has 0 saturated heterocycles. The number of fused-ring (bicyclic) bond motifs is 6. The van der Waals surface area contributed by atoms with Crippen molar-refractivity contribution < 1.29 is 18.7 Å². The van der Waals surface area contributed by atoms with E-state index in [-0.39, 0.29) is 12.2 Å². The first-order chi connectivity index (χ1) is 12.4. The van der Waals surface area contributed by atoms with Crippen molar-refractivity contribution in [2.75, 3.05) is 6.61 Å². The van der Waals surface area contributed by atoms with Gasteiger partial charge in [0, 0.05) is 16.8 Å². The van der Waals surface area contributed by atoms with Crippen molar-refractivity contribution in [1.82, 2.24) is 0 Å². The molecule has 0 spiro atoms. The SMILES string of the molecule is CCOC(=O)c1cc(=O)oc2c3c(c4ccccc4c12)OC(C)(C)C=C3. The molecule has 3 aromatic rings. The van der Waals surface area contributed by atoms with E-state index in [1.807, 2.05) is 50.3 Å². The molecule has 0 bridgehead atoms. The van der Waals surface area contributed by atoms with E-state index in [0.29, 0.717) is 22.3 Å². The summed E-state index contributed by atoms with van der Waals surface area (Å²) in [4.78, 5) is 24.6. The van der Waals surface area contributed by atoms with E-state index in [1.54, 1.807) is 6.92 Å². The van der Waals surface area contributed by atoms with Crippen LogP contribution in [0.1, 0.15) is 36.7 Å². The summed E-state index contributed by atoms with van der Waals surface area (Å²) in [6, 6.07) is 8.79. The summed E-state index contributed by atoms with van der Waals surface area (Å²) < 4.78 is 16.8. The van der Waals surface area contributed by atoms with Crippen LogP contribution in [0.25, 0.3) is 27.8 Å².